The van der Waals surface area contributed by atoms with E-state index < -0.39 is 18.4 Å². The smallest absolute Gasteiger partial charge is 0.375 e. The van der Waals surface area contributed by atoms with Crippen molar-refractivity contribution in [2.45, 2.75) is 0 Å². The fraction of sp³-hybridized carbons (Fsp3) is 0.0476. The van der Waals surface area contributed by atoms with Gasteiger partial charge in [-0.25, -0.2) is 4.79 Å². The summed E-state index contributed by atoms with van der Waals surface area (Å²) in [6.45, 7) is -0.423. The molecule has 0 aliphatic rings. The molecular formula is C21H14O5. The molecule has 5 heteroatoms. The molecule has 0 aliphatic carbocycles. The molecule has 2 aromatic carbocycles. The molecule has 4 rings (SSSR count). The van der Waals surface area contributed by atoms with Crippen molar-refractivity contribution in [2.75, 3.05) is 6.61 Å². The van der Waals surface area contributed by atoms with Gasteiger partial charge in [-0.2, -0.15) is 0 Å². The van der Waals surface area contributed by atoms with Crippen LogP contribution in [0.4, 0.5) is 0 Å². The molecule has 0 saturated heterocycles. The van der Waals surface area contributed by atoms with Gasteiger partial charge in [0.1, 0.15) is 5.58 Å². The lowest BCUT2D eigenvalue weighted by molar-refractivity contribution is 0.0439. The molecule has 0 amide bonds. The van der Waals surface area contributed by atoms with Gasteiger partial charge < -0.3 is 13.6 Å². The van der Waals surface area contributed by atoms with E-state index in [0.29, 0.717) is 11.1 Å². The second-order valence-electron chi connectivity index (χ2n) is 5.68. The third-order valence-corrected chi connectivity index (χ3v) is 3.97. The summed E-state index contributed by atoms with van der Waals surface area (Å²) < 4.78 is 15.9. The Labute approximate surface area is 148 Å². The highest BCUT2D eigenvalue weighted by Crippen LogP contribution is 2.25. The van der Waals surface area contributed by atoms with Crippen LogP contribution in [0.25, 0.3) is 22.1 Å². The Morgan fingerprint density at radius 2 is 1.69 bits per heavy atom. The first kappa shape index (κ1) is 15.9. The van der Waals surface area contributed by atoms with Gasteiger partial charge in [-0.05, 0) is 23.8 Å². The molecule has 0 N–H and O–H groups in total. The maximum absolute atomic E-state index is 12.3. The Kier molecular flexibility index (Phi) is 4.11. The highest BCUT2D eigenvalue weighted by atomic mass is 16.5. The number of carbonyl (C=O) groups is 2. The van der Waals surface area contributed by atoms with Crippen LogP contribution < -0.4 is 0 Å². The lowest BCUT2D eigenvalue weighted by atomic mass is 10.1. The minimum Gasteiger partial charge on any atom is -0.457 e. The van der Waals surface area contributed by atoms with Crippen LogP contribution in [0.3, 0.4) is 0 Å². The number of hydrogen-bond donors (Lipinski definition) is 0. The molecule has 5 nitrogen and oxygen atoms in total. The molecular weight excluding hydrogens is 332 g/mol. The van der Waals surface area contributed by atoms with Crippen LogP contribution in [0.2, 0.25) is 0 Å². The second kappa shape index (κ2) is 6.72. The lowest BCUT2D eigenvalue weighted by Crippen LogP contribution is -2.13. The van der Waals surface area contributed by atoms with Gasteiger partial charge in [-0.1, -0.05) is 48.5 Å². The number of fused-ring (bicyclic) bond motifs is 1. The minimum absolute atomic E-state index is 0.0635. The quantitative estimate of drug-likeness (QED) is 0.386. The van der Waals surface area contributed by atoms with Crippen molar-refractivity contribution < 1.29 is 23.2 Å². The van der Waals surface area contributed by atoms with E-state index >= 15 is 0 Å². The van der Waals surface area contributed by atoms with E-state index in [9.17, 15) is 9.59 Å². The van der Waals surface area contributed by atoms with Crippen molar-refractivity contribution in [1.82, 2.24) is 0 Å². The standard InChI is InChI=1S/C21H14O5/c22-17(19-12-15-8-4-5-9-18(15)26-19)13-25-21(23)20-16(10-11-24-20)14-6-2-1-3-7-14/h1-12H,13H2. The Morgan fingerprint density at radius 3 is 2.50 bits per heavy atom. The summed E-state index contributed by atoms with van der Waals surface area (Å²) in [4.78, 5) is 24.6. The van der Waals surface area contributed by atoms with Gasteiger partial charge >= 0.3 is 5.97 Å². The maximum atomic E-state index is 12.3. The molecule has 2 aromatic heterocycles. The summed E-state index contributed by atoms with van der Waals surface area (Å²) in [5, 5.41) is 0.819. The number of rotatable bonds is 5. The predicted octanol–water partition coefficient (Wildman–Crippen LogP) is 4.73. The van der Waals surface area contributed by atoms with Crippen LogP contribution in [0, 0.1) is 0 Å². The number of esters is 1. The summed E-state index contributed by atoms with van der Waals surface area (Å²) in [6, 6.07) is 19.9. The number of carbonyl (C=O) groups excluding carboxylic acids is 2. The topological polar surface area (TPSA) is 69.7 Å². The van der Waals surface area contributed by atoms with Gasteiger partial charge in [0, 0.05) is 10.9 Å². The number of ketones is 1. The third-order valence-electron chi connectivity index (χ3n) is 3.97. The van der Waals surface area contributed by atoms with Crippen LogP contribution >= 0.6 is 0 Å². The average molecular weight is 346 g/mol. The first-order chi connectivity index (χ1) is 12.7. The summed E-state index contributed by atoms with van der Waals surface area (Å²) in [7, 11) is 0. The maximum Gasteiger partial charge on any atom is 0.375 e. The van der Waals surface area contributed by atoms with Gasteiger partial charge in [0.2, 0.25) is 11.5 Å². The Morgan fingerprint density at radius 1 is 0.923 bits per heavy atom. The van der Waals surface area contributed by atoms with Crippen molar-refractivity contribution in [3.05, 3.63) is 84.5 Å². The zero-order valence-electron chi connectivity index (χ0n) is 13.7. The molecule has 0 unspecified atom stereocenters. The van der Waals surface area contributed by atoms with Gasteiger partial charge in [-0.3, -0.25) is 4.79 Å². The van der Waals surface area contributed by atoms with Crippen LogP contribution in [-0.4, -0.2) is 18.4 Å². The molecule has 4 aromatic rings. The molecule has 128 valence electrons. The predicted molar refractivity (Wildman–Crippen MR) is 95.0 cm³/mol. The zero-order valence-corrected chi connectivity index (χ0v) is 13.7. The molecule has 2 heterocycles. The molecule has 0 bridgehead atoms. The molecule has 0 radical (unpaired) electrons. The van der Waals surface area contributed by atoms with Gasteiger partial charge in [0.05, 0.1) is 6.26 Å². The SMILES string of the molecule is O=C(COC(=O)c1occc1-c1ccccc1)c1cc2ccccc2o1. The van der Waals surface area contributed by atoms with E-state index in [4.69, 9.17) is 13.6 Å². The molecule has 0 atom stereocenters. The number of ether oxygens (including phenoxy) is 1. The number of Topliss-reactive ketones (excluding diaryl/α,β-unsaturated/α-hetero) is 1. The first-order valence-electron chi connectivity index (χ1n) is 8.04. The summed E-state index contributed by atoms with van der Waals surface area (Å²) in [5.41, 5.74) is 2.06. The monoisotopic (exact) mass is 346 g/mol. The first-order valence-corrected chi connectivity index (χ1v) is 8.04. The van der Waals surface area contributed by atoms with Crippen LogP contribution in [0.5, 0.6) is 0 Å². The lowest BCUT2D eigenvalue weighted by Gasteiger charge is -2.03. The van der Waals surface area contributed by atoms with Crippen molar-refractivity contribution in [3.63, 3.8) is 0 Å². The van der Waals surface area contributed by atoms with E-state index in [1.807, 2.05) is 48.5 Å². The summed E-state index contributed by atoms with van der Waals surface area (Å²) >= 11 is 0. The van der Waals surface area contributed by atoms with Crippen molar-refractivity contribution >= 4 is 22.7 Å². The average Bonchev–Trinajstić information content (AvgIpc) is 3.33. The Bertz CT molecular complexity index is 1040. The van der Waals surface area contributed by atoms with Crippen LogP contribution in [-0.2, 0) is 4.74 Å². The normalized spacial score (nSPS) is 10.8. The highest BCUT2D eigenvalue weighted by Gasteiger charge is 2.21. The summed E-state index contributed by atoms with van der Waals surface area (Å²) in [5.74, 6) is -0.893. The van der Waals surface area contributed by atoms with Gasteiger partial charge in [0.15, 0.2) is 12.4 Å². The second-order valence-corrected chi connectivity index (χ2v) is 5.68. The number of para-hydroxylation sites is 1. The molecule has 0 fully saturated rings. The number of benzene rings is 2. The Balaban J connectivity index is 1.48. The molecule has 0 aliphatic heterocycles. The van der Waals surface area contributed by atoms with Crippen molar-refractivity contribution in [2.24, 2.45) is 0 Å². The molecule has 26 heavy (non-hydrogen) atoms. The fourth-order valence-electron chi connectivity index (χ4n) is 2.70. The Hall–Kier alpha value is -3.60. The fourth-order valence-corrected chi connectivity index (χ4v) is 2.70. The van der Waals surface area contributed by atoms with E-state index in [1.54, 1.807) is 18.2 Å². The van der Waals surface area contributed by atoms with Crippen LogP contribution in [0.1, 0.15) is 21.1 Å². The van der Waals surface area contributed by atoms with E-state index in [2.05, 4.69) is 0 Å². The summed E-state index contributed by atoms with van der Waals surface area (Å²) in [6.07, 6.45) is 1.42. The molecule has 0 spiro atoms. The third kappa shape index (κ3) is 3.02. The van der Waals surface area contributed by atoms with Crippen LogP contribution in [0.15, 0.2) is 81.8 Å². The molecule has 0 saturated carbocycles. The van der Waals surface area contributed by atoms with E-state index in [1.165, 1.54) is 6.26 Å². The number of furan rings is 2. The number of hydrogen-bond acceptors (Lipinski definition) is 5. The zero-order chi connectivity index (χ0) is 17.9. The highest BCUT2D eigenvalue weighted by molar-refractivity contribution is 6.01. The van der Waals surface area contributed by atoms with Gasteiger partial charge in [-0.15, -0.1) is 0 Å². The van der Waals surface area contributed by atoms with Crippen molar-refractivity contribution in [1.29, 1.82) is 0 Å². The van der Waals surface area contributed by atoms with E-state index in [-0.39, 0.29) is 11.5 Å². The van der Waals surface area contributed by atoms with Crippen molar-refractivity contribution in [3.8, 4) is 11.1 Å². The largest absolute Gasteiger partial charge is 0.457 e. The van der Waals surface area contributed by atoms with Gasteiger partial charge in [0.25, 0.3) is 0 Å². The minimum atomic E-state index is -0.696. The van der Waals surface area contributed by atoms with E-state index in [0.717, 1.165) is 10.9 Å².